The molecule has 0 aliphatic carbocycles. The van der Waals surface area contributed by atoms with Crippen LogP contribution in [0, 0.1) is 5.82 Å². The normalized spacial score (nSPS) is 10.8. The van der Waals surface area contributed by atoms with Crippen LogP contribution in [0.25, 0.3) is 11.0 Å². The van der Waals surface area contributed by atoms with E-state index in [-0.39, 0.29) is 16.3 Å². The number of carbonyl (C=O) groups excluding carboxylic acids is 1. The lowest BCUT2D eigenvalue weighted by molar-refractivity contribution is 0.101. The third-order valence-corrected chi connectivity index (χ3v) is 3.44. The lowest BCUT2D eigenvalue weighted by atomic mass is 10.1. The number of ether oxygens (including phenoxy) is 1. The Balaban J connectivity index is 2.05. The van der Waals surface area contributed by atoms with Gasteiger partial charge in [0.2, 0.25) is 5.78 Å². The number of hydrogen-bond acceptors (Lipinski definition) is 3. The van der Waals surface area contributed by atoms with Crippen LogP contribution in [0.2, 0.25) is 5.02 Å². The third-order valence-electron chi connectivity index (χ3n) is 3.13. The van der Waals surface area contributed by atoms with Gasteiger partial charge in [0.1, 0.15) is 17.1 Å². The van der Waals surface area contributed by atoms with Crippen molar-refractivity contribution in [2.24, 2.45) is 0 Å². The summed E-state index contributed by atoms with van der Waals surface area (Å²) in [5.74, 6) is -0.108. The molecule has 0 amide bonds. The van der Waals surface area contributed by atoms with Crippen molar-refractivity contribution in [2.75, 3.05) is 7.11 Å². The van der Waals surface area contributed by atoms with E-state index in [1.165, 1.54) is 12.1 Å². The zero-order valence-corrected chi connectivity index (χ0v) is 11.8. The first-order valence-corrected chi connectivity index (χ1v) is 6.53. The Labute approximate surface area is 124 Å². The average Bonchev–Trinajstić information content (AvgIpc) is 2.89. The van der Waals surface area contributed by atoms with Crippen molar-refractivity contribution in [2.45, 2.75) is 0 Å². The molecule has 0 aliphatic heterocycles. The van der Waals surface area contributed by atoms with Gasteiger partial charge in [-0.2, -0.15) is 0 Å². The number of methoxy groups -OCH3 is 1. The van der Waals surface area contributed by atoms with Crippen molar-refractivity contribution >= 4 is 28.4 Å². The molecule has 0 radical (unpaired) electrons. The molecule has 0 aliphatic rings. The number of ketones is 1. The van der Waals surface area contributed by atoms with Gasteiger partial charge in [0.25, 0.3) is 0 Å². The van der Waals surface area contributed by atoms with Crippen molar-refractivity contribution in [3.05, 3.63) is 64.6 Å². The Bertz CT molecular complexity index is 839. The fourth-order valence-corrected chi connectivity index (χ4v) is 2.31. The molecule has 0 unspecified atom stereocenters. The van der Waals surface area contributed by atoms with Crippen molar-refractivity contribution in [1.29, 1.82) is 0 Å². The van der Waals surface area contributed by atoms with Gasteiger partial charge in [-0.05, 0) is 36.4 Å². The van der Waals surface area contributed by atoms with Gasteiger partial charge in [-0.15, -0.1) is 0 Å². The van der Waals surface area contributed by atoms with Crippen LogP contribution in [-0.2, 0) is 0 Å². The van der Waals surface area contributed by atoms with E-state index in [4.69, 9.17) is 20.8 Å². The summed E-state index contributed by atoms with van der Waals surface area (Å²) < 4.78 is 23.7. The van der Waals surface area contributed by atoms with E-state index in [2.05, 4.69) is 0 Å². The molecule has 0 saturated heterocycles. The zero-order chi connectivity index (χ0) is 15.0. The maximum absolute atomic E-state index is 13.0. The van der Waals surface area contributed by atoms with E-state index >= 15 is 0 Å². The molecule has 0 atom stereocenters. The Kier molecular flexibility index (Phi) is 3.39. The molecular formula is C16H10ClFO3. The van der Waals surface area contributed by atoms with Gasteiger partial charge in [0, 0.05) is 17.0 Å². The van der Waals surface area contributed by atoms with E-state index in [0.29, 0.717) is 11.3 Å². The topological polar surface area (TPSA) is 39.4 Å². The van der Waals surface area contributed by atoms with Gasteiger partial charge in [-0.3, -0.25) is 4.79 Å². The highest BCUT2D eigenvalue weighted by Gasteiger charge is 2.18. The second-order valence-corrected chi connectivity index (χ2v) is 4.87. The third kappa shape index (κ3) is 2.50. The van der Waals surface area contributed by atoms with Crippen LogP contribution in [0.1, 0.15) is 16.1 Å². The second-order valence-electron chi connectivity index (χ2n) is 4.47. The van der Waals surface area contributed by atoms with Crippen LogP contribution in [0.4, 0.5) is 4.39 Å². The number of furan rings is 1. The minimum Gasteiger partial charge on any atom is -0.497 e. The van der Waals surface area contributed by atoms with E-state index in [1.54, 1.807) is 31.4 Å². The lowest BCUT2D eigenvalue weighted by Crippen LogP contribution is -2.00. The van der Waals surface area contributed by atoms with E-state index in [9.17, 15) is 9.18 Å². The number of hydrogen-bond donors (Lipinski definition) is 0. The largest absolute Gasteiger partial charge is 0.497 e. The van der Waals surface area contributed by atoms with Crippen LogP contribution in [-0.4, -0.2) is 12.9 Å². The molecule has 0 saturated carbocycles. The summed E-state index contributed by atoms with van der Waals surface area (Å²) >= 11 is 5.90. The molecule has 0 fully saturated rings. The summed E-state index contributed by atoms with van der Waals surface area (Å²) in [6, 6.07) is 10.5. The molecule has 0 spiro atoms. The van der Waals surface area contributed by atoms with Gasteiger partial charge in [-0.25, -0.2) is 4.39 Å². The molecule has 3 aromatic rings. The first-order valence-electron chi connectivity index (χ1n) is 6.16. The molecule has 1 heterocycles. The first kappa shape index (κ1) is 13.6. The molecule has 106 valence electrons. The van der Waals surface area contributed by atoms with E-state index < -0.39 is 11.6 Å². The molecule has 0 bridgehead atoms. The fraction of sp³-hybridized carbons (Fsp3) is 0.0625. The van der Waals surface area contributed by atoms with Gasteiger partial charge in [0.05, 0.1) is 12.1 Å². The molecule has 2 aromatic carbocycles. The number of fused-ring (bicyclic) bond motifs is 1. The second kappa shape index (κ2) is 5.22. The summed E-state index contributed by atoms with van der Waals surface area (Å²) in [6.45, 7) is 0. The molecule has 3 nitrogen and oxygen atoms in total. The molecule has 1 aromatic heterocycles. The highest BCUT2D eigenvalue weighted by molar-refractivity contribution is 6.34. The van der Waals surface area contributed by atoms with Crippen LogP contribution in [0.15, 0.2) is 46.9 Å². The van der Waals surface area contributed by atoms with Crippen molar-refractivity contribution in [3.63, 3.8) is 0 Å². The maximum Gasteiger partial charge on any atom is 0.229 e. The quantitative estimate of drug-likeness (QED) is 0.670. The Morgan fingerprint density at radius 1 is 1.19 bits per heavy atom. The minimum absolute atomic E-state index is 0.0537. The molecular weight excluding hydrogens is 295 g/mol. The molecule has 3 rings (SSSR count). The maximum atomic E-state index is 13.0. The van der Waals surface area contributed by atoms with Crippen LogP contribution >= 0.6 is 11.6 Å². The molecule has 5 heteroatoms. The number of rotatable bonds is 3. The summed E-state index contributed by atoms with van der Waals surface area (Å²) in [4.78, 5) is 12.4. The highest BCUT2D eigenvalue weighted by atomic mass is 35.5. The predicted octanol–water partition coefficient (Wildman–Crippen LogP) is 4.46. The first-order chi connectivity index (χ1) is 10.1. The van der Waals surface area contributed by atoms with Crippen molar-refractivity contribution in [3.8, 4) is 5.75 Å². The summed E-state index contributed by atoms with van der Waals surface area (Å²) in [5, 5.41) is 0.829. The Hall–Kier alpha value is -2.33. The Morgan fingerprint density at radius 3 is 2.71 bits per heavy atom. The summed E-state index contributed by atoms with van der Waals surface area (Å²) in [5.41, 5.74) is 0.736. The standard InChI is InChI=1S/C16H10ClFO3/c1-20-11-4-2-9-6-15(21-14(9)8-11)16(19)12-5-3-10(18)7-13(12)17/h2-8H,1H3. The monoisotopic (exact) mass is 304 g/mol. The van der Waals surface area contributed by atoms with E-state index in [1.807, 2.05) is 0 Å². The number of benzene rings is 2. The smallest absolute Gasteiger partial charge is 0.229 e. The molecule has 0 N–H and O–H groups in total. The lowest BCUT2D eigenvalue weighted by Gasteiger charge is -2.00. The number of carbonyl (C=O) groups is 1. The average molecular weight is 305 g/mol. The highest BCUT2D eigenvalue weighted by Crippen LogP contribution is 2.27. The van der Waals surface area contributed by atoms with Gasteiger partial charge >= 0.3 is 0 Å². The summed E-state index contributed by atoms with van der Waals surface area (Å²) in [6.07, 6.45) is 0. The predicted molar refractivity (Wildman–Crippen MR) is 77.6 cm³/mol. The Morgan fingerprint density at radius 2 is 2.00 bits per heavy atom. The SMILES string of the molecule is COc1ccc2cc(C(=O)c3ccc(F)cc3Cl)oc2c1. The summed E-state index contributed by atoms with van der Waals surface area (Å²) in [7, 11) is 1.55. The zero-order valence-electron chi connectivity index (χ0n) is 11.0. The van der Waals surface area contributed by atoms with Crippen LogP contribution < -0.4 is 4.74 Å². The van der Waals surface area contributed by atoms with Gasteiger partial charge in [0.15, 0.2) is 5.76 Å². The van der Waals surface area contributed by atoms with Gasteiger partial charge in [-0.1, -0.05) is 11.6 Å². The van der Waals surface area contributed by atoms with Gasteiger partial charge < -0.3 is 9.15 Å². The fourth-order valence-electron chi connectivity index (χ4n) is 2.06. The number of halogens is 2. The van der Waals surface area contributed by atoms with Crippen molar-refractivity contribution in [1.82, 2.24) is 0 Å². The van der Waals surface area contributed by atoms with E-state index in [0.717, 1.165) is 11.5 Å². The van der Waals surface area contributed by atoms with Crippen molar-refractivity contribution < 1.29 is 18.3 Å². The van der Waals surface area contributed by atoms with Crippen LogP contribution in [0.5, 0.6) is 5.75 Å². The van der Waals surface area contributed by atoms with Crippen LogP contribution in [0.3, 0.4) is 0 Å². The minimum atomic E-state index is -0.495. The molecule has 21 heavy (non-hydrogen) atoms.